The maximum Gasteiger partial charge on any atom is 0.246 e. The van der Waals surface area contributed by atoms with Crippen molar-refractivity contribution in [2.45, 2.75) is 6.04 Å². The van der Waals surface area contributed by atoms with Crippen LogP contribution < -0.4 is 10.6 Å². The average Bonchev–Trinajstić information content (AvgIpc) is 2.59. The van der Waals surface area contributed by atoms with Crippen molar-refractivity contribution >= 4 is 23.2 Å². The van der Waals surface area contributed by atoms with E-state index in [1.165, 1.54) is 12.1 Å². The molecule has 0 saturated heterocycles. The van der Waals surface area contributed by atoms with Crippen molar-refractivity contribution in [3.63, 3.8) is 0 Å². The van der Waals surface area contributed by atoms with E-state index in [1.807, 2.05) is 0 Å². The fourth-order valence-electron chi connectivity index (χ4n) is 1.70. The minimum absolute atomic E-state index is 0.166. The number of fused-ring (bicyclic) bond motifs is 1. The van der Waals surface area contributed by atoms with Crippen LogP contribution in [0.4, 0.5) is 10.1 Å². The third kappa shape index (κ3) is 1.70. The number of hydrogen-bond donors (Lipinski definition) is 2. The third-order valence-corrected chi connectivity index (χ3v) is 2.74. The summed E-state index contributed by atoms with van der Waals surface area (Å²) in [6.07, 6.45) is 1.62. The molecule has 0 fully saturated rings. The fraction of sp³-hybridized carbons (Fsp3) is 0.182. The predicted molar refractivity (Wildman–Crippen MR) is 61.0 cm³/mol. The first-order chi connectivity index (χ1) is 7.65. The van der Waals surface area contributed by atoms with Crippen LogP contribution in [0.15, 0.2) is 24.8 Å². The lowest BCUT2D eigenvalue weighted by molar-refractivity contribution is -0.117. The first-order valence-electron chi connectivity index (χ1n) is 4.78. The standard InChI is InChI=1S/C11H10ClFN2O/c1-2-5-14-10-8-6(12)3-4-7(13)9(8)15-11(10)16/h2-4,10,14H,1,5H2,(H,15,16). The van der Waals surface area contributed by atoms with Gasteiger partial charge in [0.25, 0.3) is 0 Å². The predicted octanol–water partition coefficient (Wildman–Crippen LogP) is 2.25. The minimum Gasteiger partial charge on any atom is -0.322 e. The van der Waals surface area contributed by atoms with E-state index >= 15 is 0 Å². The Hall–Kier alpha value is -1.39. The summed E-state index contributed by atoms with van der Waals surface area (Å²) in [4.78, 5) is 11.6. The number of carbonyl (C=O) groups excluding carboxylic acids is 1. The molecule has 1 aliphatic heterocycles. The average molecular weight is 241 g/mol. The molecule has 3 nitrogen and oxygen atoms in total. The van der Waals surface area contributed by atoms with Crippen LogP contribution in [0.3, 0.4) is 0 Å². The van der Waals surface area contributed by atoms with Gasteiger partial charge in [0.15, 0.2) is 0 Å². The summed E-state index contributed by atoms with van der Waals surface area (Å²) in [7, 11) is 0. The molecule has 84 valence electrons. The normalized spacial score (nSPS) is 18.1. The summed E-state index contributed by atoms with van der Waals surface area (Å²) in [5, 5.41) is 5.77. The largest absolute Gasteiger partial charge is 0.322 e. The van der Waals surface area contributed by atoms with E-state index in [-0.39, 0.29) is 11.6 Å². The molecule has 1 heterocycles. The van der Waals surface area contributed by atoms with Gasteiger partial charge in [0, 0.05) is 17.1 Å². The van der Waals surface area contributed by atoms with Crippen molar-refractivity contribution in [1.29, 1.82) is 0 Å². The van der Waals surface area contributed by atoms with Crippen molar-refractivity contribution in [2.75, 3.05) is 11.9 Å². The smallest absolute Gasteiger partial charge is 0.246 e. The second-order valence-electron chi connectivity index (χ2n) is 3.44. The SMILES string of the molecule is C=CCNC1C(=O)Nc2c(F)ccc(Cl)c21. The van der Waals surface area contributed by atoms with E-state index in [1.54, 1.807) is 6.08 Å². The summed E-state index contributed by atoms with van der Waals surface area (Å²) in [6.45, 7) is 3.99. The van der Waals surface area contributed by atoms with Crippen LogP contribution in [-0.4, -0.2) is 12.5 Å². The van der Waals surface area contributed by atoms with Crippen LogP contribution in [-0.2, 0) is 4.79 Å². The van der Waals surface area contributed by atoms with Gasteiger partial charge in [-0.05, 0) is 12.1 Å². The number of anilines is 1. The minimum atomic E-state index is -0.615. The number of benzene rings is 1. The Morgan fingerprint density at radius 3 is 3.06 bits per heavy atom. The molecule has 0 bridgehead atoms. The van der Waals surface area contributed by atoms with Gasteiger partial charge in [-0.2, -0.15) is 0 Å². The van der Waals surface area contributed by atoms with Crippen molar-refractivity contribution in [3.8, 4) is 0 Å². The molecule has 0 radical (unpaired) electrons. The summed E-state index contributed by atoms with van der Waals surface area (Å²) < 4.78 is 13.4. The molecule has 1 amide bonds. The first-order valence-corrected chi connectivity index (χ1v) is 5.16. The molecule has 0 saturated carbocycles. The Morgan fingerprint density at radius 1 is 1.62 bits per heavy atom. The lowest BCUT2D eigenvalue weighted by atomic mass is 10.1. The van der Waals surface area contributed by atoms with Gasteiger partial charge in [-0.1, -0.05) is 17.7 Å². The summed E-state index contributed by atoms with van der Waals surface area (Å²) in [5.41, 5.74) is 0.632. The van der Waals surface area contributed by atoms with Crippen molar-refractivity contribution in [2.24, 2.45) is 0 Å². The molecule has 0 spiro atoms. The van der Waals surface area contributed by atoms with Gasteiger partial charge in [-0.15, -0.1) is 6.58 Å². The molecule has 1 unspecified atom stereocenters. The van der Waals surface area contributed by atoms with Crippen LogP contribution in [0.25, 0.3) is 0 Å². The van der Waals surface area contributed by atoms with E-state index in [2.05, 4.69) is 17.2 Å². The van der Waals surface area contributed by atoms with Gasteiger partial charge in [0.2, 0.25) is 5.91 Å². The highest BCUT2D eigenvalue weighted by atomic mass is 35.5. The molecule has 0 aromatic heterocycles. The number of nitrogens with one attached hydrogen (secondary N) is 2. The van der Waals surface area contributed by atoms with Gasteiger partial charge < -0.3 is 5.32 Å². The van der Waals surface area contributed by atoms with Crippen LogP contribution in [0, 0.1) is 5.82 Å². The van der Waals surface area contributed by atoms with Gasteiger partial charge >= 0.3 is 0 Å². The highest BCUT2D eigenvalue weighted by molar-refractivity contribution is 6.32. The summed E-state index contributed by atoms with van der Waals surface area (Å²) >= 11 is 5.96. The van der Waals surface area contributed by atoms with Crippen LogP contribution in [0.2, 0.25) is 5.02 Å². The van der Waals surface area contributed by atoms with Gasteiger partial charge in [0.05, 0.1) is 5.69 Å². The molecular formula is C11H10ClFN2O. The zero-order chi connectivity index (χ0) is 11.7. The van der Waals surface area contributed by atoms with E-state index in [0.29, 0.717) is 17.1 Å². The van der Waals surface area contributed by atoms with Gasteiger partial charge in [0.1, 0.15) is 11.9 Å². The Morgan fingerprint density at radius 2 is 2.38 bits per heavy atom. The lowest BCUT2D eigenvalue weighted by Crippen LogP contribution is -2.27. The zero-order valence-corrected chi connectivity index (χ0v) is 9.14. The zero-order valence-electron chi connectivity index (χ0n) is 8.39. The van der Waals surface area contributed by atoms with Crippen LogP contribution >= 0.6 is 11.6 Å². The second kappa shape index (κ2) is 4.23. The van der Waals surface area contributed by atoms with Crippen molar-refractivity contribution in [3.05, 3.63) is 41.2 Å². The second-order valence-corrected chi connectivity index (χ2v) is 3.84. The Bertz CT molecular complexity index is 462. The fourth-order valence-corrected chi connectivity index (χ4v) is 1.97. The molecular weight excluding hydrogens is 231 g/mol. The molecule has 5 heteroatoms. The third-order valence-electron chi connectivity index (χ3n) is 2.41. The maximum atomic E-state index is 13.4. The highest BCUT2D eigenvalue weighted by Crippen LogP contribution is 2.38. The number of rotatable bonds is 3. The van der Waals surface area contributed by atoms with Gasteiger partial charge in [-0.25, -0.2) is 4.39 Å². The molecule has 1 aliphatic rings. The molecule has 1 aromatic rings. The highest BCUT2D eigenvalue weighted by Gasteiger charge is 2.33. The maximum absolute atomic E-state index is 13.4. The number of amides is 1. The quantitative estimate of drug-likeness (QED) is 0.796. The Labute approximate surface area is 97.3 Å². The monoisotopic (exact) mass is 240 g/mol. The summed E-state index contributed by atoms with van der Waals surface area (Å²) in [5.74, 6) is -0.778. The van der Waals surface area contributed by atoms with E-state index in [4.69, 9.17) is 11.6 Å². The Kier molecular flexibility index (Phi) is 2.94. The molecule has 2 rings (SSSR count). The number of halogens is 2. The van der Waals surface area contributed by atoms with Crippen molar-refractivity contribution < 1.29 is 9.18 Å². The first kappa shape index (κ1) is 11.1. The van der Waals surface area contributed by atoms with E-state index in [0.717, 1.165) is 0 Å². The number of hydrogen-bond acceptors (Lipinski definition) is 2. The molecule has 0 aliphatic carbocycles. The van der Waals surface area contributed by atoms with Crippen LogP contribution in [0.5, 0.6) is 0 Å². The molecule has 16 heavy (non-hydrogen) atoms. The van der Waals surface area contributed by atoms with Gasteiger partial charge in [-0.3, -0.25) is 10.1 Å². The van der Waals surface area contributed by atoms with E-state index in [9.17, 15) is 9.18 Å². The van der Waals surface area contributed by atoms with Crippen LogP contribution in [0.1, 0.15) is 11.6 Å². The molecule has 2 N–H and O–H groups in total. The Balaban J connectivity index is 2.43. The van der Waals surface area contributed by atoms with Crippen molar-refractivity contribution in [1.82, 2.24) is 5.32 Å². The molecule has 1 atom stereocenters. The number of carbonyl (C=O) groups is 1. The van der Waals surface area contributed by atoms with E-state index < -0.39 is 11.9 Å². The molecule has 1 aromatic carbocycles. The summed E-state index contributed by atoms with van der Waals surface area (Å²) in [6, 6.07) is 2.06. The topological polar surface area (TPSA) is 41.1 Å². The lowest BCUT2D eigenvalue weighted by Gasteiger charge is -2.10.